The average Bonchev–Trinajstić information content (AvgIpc) is 3.09. The molecule has 3 heterocycles. The van der Waals surface area contributed by atoms with Gasteiger partial charge in [-0.05, 0) is 24.3 Å². The summed E-state index contributed by atoms with van der Waals surface area (Å²) in [6.07, 6.45) is 3.16. The molecule has 3 aromatic rings. The van der Waals surface area contributed by atoms with Gasteiger partial charge in [-0.3, -0.25) is 0 Å². The summed E-state index contributed by atoms with van der Waals surface area (Å²) in [4.78, 5) is 18.1. The van der Waals surface area contributed by atoms with Crippen molar-refractivity contribution in [2.24, 2.45) is 0 Å². The van der Waals surface area contributed by atoms with Crippen molar-refractivity contribution in [3.63, 3.8) is 0 Å². The Morgan fingerprint density at radius 3 is 2.82 bits per heavy atom. The number of amides is 2. The van der Waals surface area contributed by atoms with E-state index < -0.39 is 17.7 Å². The minimum atomic E-state index is -0.808. The highest BCUT2D eigenvalue weighted by atomic mass is 35.5. The Bertz CT molecular complexity index is 1030. The van der Waals surface area contributed by atoms with Gasteiger partial charge >= 0.3 is 6.03 Å². The molecule has 1 N–H and O–H groups in total. The van der Waals surface area contributed by atoms with E-state index in [-0.39, 0.29) is 17.8 Å². The molecule has 4 rings (SSSR count). The zero-order valence-corrected chi connectivity index (χ0v) is 15.5. The third-order valence-corrected chi connectivity index (χ3v) is 4.83. The highest BCUT2D eigenvalue weighted by Crippen LogP contribution is 2.25. The van der Waals surface area contributed by atoms with E-state index in [1.165, 1.54) is 17.2 Å². The molecule has 0 atom stereocenters. The van der Waals surface area contributed by atoms with Crippen LogP contribution in [0.5, 0.6) is 0 Å². The van der Waals surface area contributed by atoms with E-state index in [4.69, 9.17) is 16.3 Å². The van der Waals surface area contributed by atoms with Crippen molar-refractivity contribution in [2.45, 2.75) is 6.54 Å². The molecule has 0 unspecified atom stereocenters. The molecule has 0 bridgehead atoms. The second kappa shape index (κ2) is 7.73. The molecule has 2 amide bonds. The normalized spacial score (nSPS) is 14.5. The van der Waals surface area contributed by atoms with Crippen LogP contribution < -0.4 is 5.32 Å². The lowest BCUT2D eigenvalue weighted by Gasteiger charge is -2.27. The lowest BCUT2D eigenvalue weighted by Crippen LogP contribution is -2.43. The van der Waals surface area contributed by atoms with Crippen molar-refractivity contribution in [2.75, 3.05) is 31.6 Å². The number of fused-ring (bicyclic) bond motifs is 1. The van der Waals surface area contributed by atoms with E-state index in [2.05, 4.69) is 10.3 Å². The van der Waals surface area contributed by atoms with Gasteiger partial charge in [0.25, 0.3) is 0 Å². The number of morpholine rings is 1. The van der Waals surface area contributed by atoms with Gasteiger partial charge < -0.3 is 19.5 Å². The molecule has 0 spiro atoms. The Morgan fingerprint density at radius 1 is 1.25 bits per heavy atom. The predicted molar refractivity (Wildman–Crippen MR) is 102 cm³/mol. The molecular weight excluding hydrogens is 390 g/mol. The number of halogens is 3. The smallest absolute Gasteiger partial charge is 0.322 e. The van der Waals surface area contributed by atoms with Crippen molar-refractivity contribution < 1.29 is 18.3 Å². The molecule has 0 saturated carbocycles. The quantitative estimate of drug-likeness (QED) is 0.718. The van der Waals surface area contributed by atoms with E-state index in [0.717, 1.165) is 11.5 Å². The van der Waals surface area contributed by atoms with Crippen LogP contribution in [0.25, 0.3) is 11.0 Å². The second-order valence-electron chi connectivity index (χ2n) is 6.43. The van der Waals surface area contributed by atoms with Gasteiger partial charge in [-0.2, -0.15) is 0 Å². The summed E-state index contributed by atoms with van der Waals surface area (Å²) in [7, 11) is 0. The van der Waals surface area contributed by atoms with E-state index in [0.29, 0.717) is 37.0 Å². The van der Waals surface area contributed by atoms with Gasteiger partial charge in [-0.1, -0.05) is 11.6 Å². The molecule has 0 radical (unpaired) electrons. The number of carbonyl (C=O) groups excluding carboxylic acids is 1. The molecule has 2 aromatic heterocycles. The maximum Gasteiger partial charge on any atom is 0.322 e. The average molecular weight is 407 g/mol. The maximum atomic E-state index is 15.0. The van der Waals surface area contributed by atoms with Crippen molar-refractivity contribution in [3.8, 4) is 0 Å². The number of hydrogen-bond donors (Lipinski definition) is 1. The molecule has 9 heteroatoms. The molecule has 6 nitrogen and oxygen atoms in total. The summed E-state index contributed by atoms with van der Waals surface area (Å²) < 4.78 is 36.1. The van der Waals surface area contributed by atoms with E-state index in [1.54, 1.807) is 22.9 Å². The fourth-order valence-electron chi connectivity index (χ4n) is 3.15. The van der Waals surface area contributed by atoms with Crippen LogP contribution in [0.3, 0.4) is 0 Å². The van der Waals surface area contributed by atoms with Gasteiger partial charge in [0, 0.05) is 36.4 Å². The number of urea groups is 1. The third-order valence-electron chi connectivity index (χ3n) is 4.62. The monoisotopic (exact) mass is 406 g/mol. The maximum absolute atomic E-state index is 15.0. The zero-order chi connectivity index (χ0) is 19.7. The number of ether oxygens (including phenoxy) is 1. The summed E-state index contributed by atoms with van der Waals surface area (Å²) >= 11 is 5.93. The first-order chi connectivity index (χ1) is 13.5. The number of rotatable bonds is 3. The van der Waals surface area contributed by atoms with Crippen molar-refractivity contribution in [1.82, 2.24) is 14.5 Å². The number of nitrogens with zero attached hydrogens (tertiary/aromatic N) is 3. The van der Waals surface area contributed by atoms with Crippen LogP contribution >= 0.6 is 11.6 Å². The Kier molecular flexibility index (Phi) is 5.15. The van der Waals surface area contributed by atoms with Crippen LogP contribution in [0.4, 0.5) is 19.3 Å². The minimum Gasteiger partial charge on any atom is -0.378 e. The summed E-state index contributed by atoms with van der Waals surface area (Å²) in [5, 5.41) is 3.77. The molecule has 1 fully saturated rings. The summed E-state index contributed by atoms with van der Waals surface area (Å²) in [5.74, 6) is -1.50. The summed E-state index contributed by atoms with van der Waals surface area (Å²) in [6.45, 7) is 1.64. The minimum absolute atomic E-state index is 0.0691. The molecule has 1 aliphatic heterocycles. The van der Waals surface area contributed by atoms with Gasteiger partial charge in [0.2, 0.25) is 0 Å². The Balaban J connectivity index is 1.60. The fourth-order valence-corrected chi connectivity index (χ4v) is 3.32. The first-order valence-electron chi connectivity index (χ1n) is 8.74. The largest absolute Gasteiger partial charge is 0.378 e. The molecule has 1 aromatic carbocycles. The van der Waals surface area contributed by atoms with Crippen LogP contribution in [0, 0.1) is 11.6 Å². The number of hydrogen-bond acceptors (Lipinski definition) is 3. The van der Waals surface area contributed by atoms with Crippen molar-refractivity contribution in [3.05, 3.63) is 58.9 Å². The molecular formula is C19H17ClF2N4O2. The van der Waals surface area contributed by atoms with Crippen LogP contribution in [-0.4, -0.2) is 46.8 Å². The highest BCUT2D eigenvalue weighted by molar-refractivity contribution is 6.31. The number of carbonyl (C=O) groups is 1. The third kappa shape index (κ3) is 3.65. The predicted octanol–water partition coefficient (Wildman–Crippen LogP) is 3.88. The first-order valence-corrected chi connectivity index (χ1v) is 9.11. The van der Waals surface area contributed by atoms with Crippen LogP contribution in [0.2, 0.25) is 5.02 Å². The fraction of sp³-hybridized carbons (Fsp3) is 0.263. The van der Waals surface area contributed by atoms with Crippen LogP contribution in [-0.2, 0) is 11.3 Å². The van der Waals surface area contributed by atoms with E-state index in [9.17, 15) is 13.6 Å². The highest BCUT2D eigenvalue weighted by Gasteiger charge is 2.21. The Labute approximate surface area is 164 Å². The SMILES string of the molecule is O=C(Nc1ccc(F)c(Cn2ccc3cc(Cl)cnc32)c1F)N1CCOCC1. The van der Waals surface area contributed by atoms with Crippen molar-refractivity contribution in [1.29, 1.82) is 0 Å². The second-order valence-corrected chi connectivity index (χ2v) is 6.86. The summed E-state index contributed by atoms with van der Waals surface area (Å²) in [5.41, 5.74) is 0.334. The lowest BCUT2D eigenvalue weighted by atomic mass is 10.1. The van der Waals surface area contributed by atoms with E-state index in [1.807, 2.05) is 0 Å². The van der Waals surface area contributed by atoms with Gasteiger partial charge in [0.1, 0.15) is 11.5 Å². The zero-order valence-electron chi connectivity index (χ0n) is 14.8. The lowest BCUT2D eigenvalue weighted by molar-refractivity contribution is 0.0564. The van der Waals surface area contributed by atoms with Crippen LogP contribution in [0.15, 0.2) is 36.7 Å². The molecule has 1 aliphatic rings. The van der Waals surface area contributed by atoms with Crippen LogP contribution in [0.1, 0.15) is 5.56 Å². The Morgan fingerprint density at radius 2 is 2.04 bits per heavy atom. The number of anilines is 1. The van der Waals surface area contributed by atoms with Gasteiger partial charge in [-0.25, -0.2) is 18.6 Å². The molecule has 1 saturated heterocycles. The van der Waals surface area contributed by atoms with Gasteiger partial charge in [-0.15, -0.1) is 0 Å². The Hall–Kier alpha value is -2.71. The number of pyridine rings is 1. The molecule has 0 aliphatic carbocycles. The number of nitrogens with one attached hydrogen (secondary N) is 1. The number of benzene rings is 1. The first kappa shape index (κ1) is 18.6. The van der Waals surface area contributed by atoms with Gasteiger partial charge in [0.15, 0.2) is 5.82 Å². The molecule has 146 valence electrons. The van der Waals surface area contributed by atoms with Gasteiger partial charge in [0.05, 0.1) is 30.5 Å². The standard InChI is InChI=1S/C19H17ClF2N4O2/c20-13-9-12-3-4-26(18(12)23-10-13)11-14-15(21)1-2-16(17(14)22)24-19(27)25-5-7-28-8-6-25/h1-4,9-10H,5-8,11H2,(H,24,27). The topological polar surface area (TPSA) is 59.4 Å². The number of aromatic nitrogens is 2. The van der Waals surface area contributed by atoms with Crippen molar-refractivity contribution >= 4 is 34.4 Å². The molecule has 28 heavy (non-hydrogen) atoms. The summed E-state index contributed by atoms with van der Waals surface area (Å²) in [6, 6.07) is 5.42. The van der Waals surface area contributed by atoms with E-state index >= 15 is 0 Å².